The molecule has 0 aliphatic heterocycles. The second-order valence-electron chi connectivity index (χ2n) is 3.02. The van der Waals surface area contributed by atoms with Crippen LogP contribution in [0.5, 0.6) is 0 Å². The average Bonchev–Trinajstić information content (AvgIpc) is 2.15. The Labute approximate surface area is 84.9 Å². The minimum atomic E-state index is -4.66. The first kappa shape index (κ1) is 11.6. The average molecular weight is 216 g/mol. The monoisotopic (exact) mass is 216 g/mol. The minimum Gasteiger partial charge on any atom is -0.206 e. The number of halogens is 4. The highest BCUT2D eigenvalue weighted by molar-refractivity contribution is 5.27. The van der Waals surface area contributed by atoms with Gasteiger partial charge in [0, 0.05) is 6.42 Å². The topological polar surface area (TPSA) is 0 Å². The van der Waals surface area contributed by atoms with Crippen LogP contribution in [0.25, 0.3) is 0 Å². The SMILES string of the molecule is C#CCCc1ccc(F)c(C(F)(F)F)c1. The molecular weight excluding hydrogens is 208 g/mol. The maximum Gasteiger partial charge on any atom is 0.419 e. The number of terminal acetylenes is 1. The number of rotatable bonds is 2. The predicted octanol–water partition coefficient (Wildman–Crippen LogP) is 3.41. The number of hydrogen-bond acceptors (Lipinski definition) is 0. The fourth-order valence-electron chi connectivity index (χ4n) is 1.16. The molecule has 0 saturated heterocycles. The Kier molecular flexibility index (Phi) is 3.35. The molecule has 1 rings (SSSR count). The van der Waals surface area contributed by atoms with Crippen LogP contribution < -0.4 is 0 Å². The van der Waals surface area contributed by atoms with Gasteiger partial charge in [0.1, 0.15) is 5.82 Å². The van der Waals surface area contributed by atoms with Gasteiger partial charge in [0.25, 0.3) is 0 Å². The van der Waals surface area contributed by atoms with Gasteiger partial charge in [-0.15, -0.1) is 12.3 Å². The molecule has 0 fully saturated rings. The fourth-order valence-corrected chi connectivity index (χ4v) is 1.16. The Hall–Kier alpha value is -1.50. The first-order valence-corrected chi connectivity index (χ1v) is 4.24. The molecule has 0 N–H and O–H groups in total. The van der Waals surface area contributed by atoms with Crippen molar-refractivity contribution in [2.24, 2.45) is 0 Å². The molecule has 0 aliphatic carbocycles. The molecule has 4 heteroatoms. The molecule has 0 saturated carbocycles. The van der Waals surface area contributed by atoms with Gasteiger partial charge in [-0.05, 0) is 24.1 Å². The maximum absolute atomic E-state index is 12.8. The molecular formula is C11H8F4. The summed E-state index contributed by atoms with van der Waals surface area (Å²) in [4.78, 5) is 0. The van der Waals surface area contributed by atoms with Gasteiger partial charge in [-0.2, -0.15) is 13.2 Å². The van der Waals surface area contributed by atoms with Crippen molar-refractivity contribution in [1.82, 2.24) is 0 Å². The third-order valence-corrected chi connectivity index (χ3v) is 1.89. The van der Waals surface area contributed by atoms with Crippen LogP contribution in [0.1, 0.15) is 17.5 Å². The summed E-state index contributed by atoms with van der Waals surface area (Å²) >= 11 is 0. The highest BCUT2D eigenvalue weighted by atomic mass is 19.4. The third-order valence-electron chi connectivity index (χ3n) is 1.89. The largest absolute Gasteiger partial charge is 0.419 e. The Balaban J connectivity index is 3.02. The summed E-state index contributed by atoms with van der Waals surface area (Å²) in [5, 5.41) is 0. The van der Waals surface area contributed by atoms with Crippen molar-refractivity contribution in [3.8, 4) is 12.3 Å². The molecule has 1 aromatic carbocycles. The van der Waals surface area contributed by atoms with E-state index in [1.807, 2.05) is 0 Å². The lowest BCUT2D eigenvalue weighted by Gasteiger charge is -2.09. The summed E-state index contributed by atoms with van der Waals surface area (Å²) in [5.74, 6) is 1.06. The van der Waals surface area contributed by atoms with Gasteiger partial charge < -0.3 is 0 Å². The third kappa shape index (κ3) is 2.98. The van der Waals surface area contributed by atoms with E-state index in [9.17, 15) is 17.6 Å². The molecule has 0 aliphatic rings. The highest BCUT2D eigenvalue weighted by Crippen LogP contribution is 2.31. The van der Waals surface area contributed by atoms with E-state index in [2.05, 4.69) is 5.92 Å². The summed E-state index contributed by atoms with van der Waals surface area (Å²) in [7, 11) is 0. The van der Waals surface area contributed by atoms with E-state index in [1.54, 1.807) is 0 Å². The molecule has 0 bridgehead atoms. The van der Waals surface area contributed by atoms with E-state index in [-0.39, 0.29) is 0 Å². The summed E-state index contributed by atoms with van der Waals surface area (Å²) in [5.41, 5.74) is -0.848. The van der Waals surface area contributed by atoms with Gasteiger partial charge in [0.15, 0.2) is 0 Å². The molecule has 0 heterocycles. The Morgan fingerprint density at radius 3 is 2.47 bits per heavy atom. The number of benzene rings is 1. The van der Waals surface area contributed by atoms with Crippen molar-refractivity contribution in [2.45, 2.75) is 19.0 Å². The van der Waals surface area contributed by atoms with Gasteiger partial charge in [0.2, 0.25) is 0 Å². The van der Waals surface area contributed by atoms with E-state index in [0.29, 0.717) is 18.4 Å². The van der Waals surface area contributed by atoms with E-state index in [1.165, 1.54) is 6.07 Å². The first-order valence-electron chi connectivity index (χ1n) is 4.24. The van der Waals surface area contributed by atoms with Crippen LogP contribution in [0.4, 0.5) is 17.6 Å². The van der Waals surface area contributed by atoms with E-state index >= 15 is 0 Å². The van der Waals surface area contributed by atoms with Crippen molar-refractivity contribution in [2.75, 3.05) is 0 Å². The molecule has 0 aromatic heterocycles. The zero-order valence-electron chi connectivity index (χ0n) is 7.74. The van der Waals surface area contributed by atoms with Crippen LogP contribution in [0.15, 0.2) is 18.2 Å². The lowest BCUT2D eigenvalue weighted by atomic mass is 10.1. The molecule has 0 unspecified atom stereocenters. The van der Waals surface area contributed by atoms with Gasteiger partial charge >= 0.3 is 6.18 Å². The molecule has 15 heavy (non-hydrogen) atoms. The van der Waals surface area contributed by atoms with Gasteiger partial charge in [-0.3, -0.25) is 0 Å². The molecule has 0 spiro atoms. The molecule has 0 radical (unpaired) electrons. The van der Waals surface area contributed by atoms with Crippen molar-refractivity contribution in [3.63, 3.8) is 0 Å². The highest BCUT2D eigenvalue weighted by Gasteiger charge is 2.33. The lowest BCUT2D eigenvalue weighted by molar-refractivity contribution is -0.140. The molecule has 1 aromatic rings. The smallest absolute Gasteiger partial charge is 0.206 e. The van der Waals surface area contributed by atoms with Crippen LogP contribution in [0.2, 0.25) is 0 Å². The lowest BCUT2D eigenvalue weighted by Crippen LogP contribution is -2.08. The molecule has 80 valence electrons. The molecule has 0 nitrogen and oxygen atoms in total. The van der Waals surface area contributed by atoms with Crippen molar-refractivity contribution < 1.29 is 17.6 Å². The van der Waals surface area contributed by atoms with E-state index in [0.717, 1.165) is 12.1 Å². The quantitative estimate of drug-likeness (QED) is 0.525. The number of hydrogen-bond donors (Lipinski definition) is 0. The van der Waals surface area contributed by atoms with Crippen LogP contribution >= 0.6 is 0 Å². The van der Waals surface area contributed by atoms with Crippen molar-refractivity contribution in [1.29, 1.82) is 0 Å². The number of aryl methyl sites for hydroxylation is 1. The van der Waals surface area contributed by atoms with Gasteiger partial charge in [0.05, 0.1) is 5.56 Å². The van der Waals surface area contributed by atoms with Crippen LogP contribution in [0.3, 0.4) is 0 Å². The standard InChI is InChI=1S/C11H8F4/c1-2-3-4-8-5-6-10(12)9(7-8)11(13,14)15/h1,5-7H,3-4H2. The van der Waals surface area contributed by atoms with E-state index in [4.69, 9.17) is 6.42 Å². The minimum absolute atomic E-state index is 0.319. The molecule has 0 atom stereocenters. The number of alkyl halides is 3. The predicted molar refractivity (Wildman–Crippen MR) is 48.6 cm³/mol. The Morgan fingerprint density at radius 1 is 1.27 bits per heavy atom. The second kappa shape index (κ2) is 4.35. The van der Waals surface area contributed by atoms with Crippen molar-refractivity contribution in [3.05, 3.63) is 35.1 Å². The molecule has 0 amide bonds. The summed E-state index contributed by atoms with van der Waals surface area (Å²) < 4.78 is 49.6. The van der Waals surface area contributed by atoms with Crippen LogP contribution in [0, 0.1) is 18.2 Å². The van der Waals surface area contributed by atoms with Crippen molar-refractivity contribution >= 4 is 0 Å². The maximum atomic E-state index is 12.8. The second-order valence-corrected chi connectivity index (χ2v) is 3.02. The van der Waals surface area contributed by atoms with Crippen LogP contribution in [-0.4, -0.2) is 0 Å². The Bertz CT molecular complexity index is 385. The summed E-state index contributed by atoms with van der Waals surface area (Å²) in [6, 6.07) is 2.92. The van der Waals surface area contributed by atoms with Gasteiger partial charge in [-0.25, -0.2) is 4.39 Å². The zero-order valence-corrected chi connectivity index (χ0v) is 7.74. The fraction of sp³-hybridized carbons (Fsp3) is 0.273. The van der Waals surface area contributed by atoms with Crippen LogP contribution in [-0.2, 0) is 12.6 Å². The first-order chi connectivity index (χ1) is 6.95. The summed E-state index contributed by atoms with van der Waals surface area (Å²) in [6.45, 7) is 0. The van der Waals surface area contributed by atoms with E-state index < -0.39 is 17.6 Å². The normalized spacial score (nSPS) is 11.1. The zero-order chi connectivity index (χ0) is 11.5. The summed E-state index contributed by atoms with van der Waals surface area (Å²) in [6.07, 6.45) is 0.983. The Morgan fingerprint density at radius 2 is 1.93 bits per heavy atom. The van der Waals surface area contributed by atoms with Gasteiger partial charge in [-0.1, -0.05) is 6.07 Å².